The Morgan fingerprint density at radius 2 is 0.886 bits per heavy atom. The molecule has 35 heavy (non-hydrogen) atoms. The van der Waals surface area contributed by atoms with Gasteiger partial charge in [0.05, 0.1) is 0 Å². The van der Waals surface area contributed by atoms with Crippen molar-refractivity contribution in [2.75, 3.05) is 0 Å². The molecule has 0 heterocycles. The Morgan fingerprint density at radius 1 is 0.571 bits per heavy atom. The van der Waals surface area contributed by atoms with Crippen LogP contribution in [-0.2, 0) is 9.59 Å². The number of unbranched alkanes of at least 4 members (excludes halogenated alkanes) is 21. The zero-order valence-corrected chi connectivity index (χ0v) is 25.8. The fourth-order valence-corrected chi connectivity index (χ4v) is 4.04. The van der Waals surface area contributed by atoms with Crippen LogP contribution in [0.25, 0.3) is 0 Å². The minimum Gasteiger partial charge on any atom is -0.550 e. The third-order valence-electron chi connectivity index (χ3n) is 6.22. The van der Waals surface area contributed by atoms with Crippen LogP contribution in [0.2, 0.25) is 0 Å². The summed E-state index contributed by atoms with van der Waals surface area (Å²) in [6.45, 7) is 4.50. The number of carbonyl (C=O) groups excluding carboxylic acids is 1. The molecule has 0 amide bonds. The van der Waals surface area contributed by atoms with E-state index < -0.39 is 11.9 Å². The van der Waals surface area contributed by atoms with Gasteiger partial charge in [-0.15, -0.1) is 0 Å². The number of hydrogen-bond donors (Lipinski definition) is 1. The molecule has 0 aliphatic heterocycles. The van der Waals surface area contributed by atoms with Crippen molar-refractivity contribution in [1.82, 2.24) is 0 Å². The predicted octanol–water partition coefficient (Wildman–Crippen LogP) is 5.77. The summed E-state index contributed by atoms with van der Waals surface area (Å²) in [5.41, 5.74) is 0. The third kappa shape index (κ3) is 44.1. The molecule has 0 aromatic heterocycles. The Bertz CT molecular complexity index is 452. The van der Waals surface area contributed by atoms with Crippen molar-refractivity contribution in [3.05, 3.63) is 12.2 Å². The third-order valence-corrected chi connectivity index (χ3v) is 6.22. The Kier molecular flexibility index (Phi) is 40.1. The van der Waals surface area contributed by atoms with E-state index in [1.807, 2.05) is 0 Å². The Hall–Kier alpha value is -0.320. The topological polar surface area (TPSA) is 77.4 Å². The first-order chi connectivity index (χ1) is 16.5. The maximum absolute atomic E-state index is 10.2. The van der Waals surface area contributed by atoms with Gasteiger partial charge in [-0.25, -0.2) is 4.79 Å². The van der Waals surface area contributed by atoms with Gasteiger partial charge < -0.3 is 15.0 Å². The van der Waals surface area contributed by atoms with E-state index >= 15 is 0 Å². The molecule has 0 fully saturated rings. The molecule has 202 valence electrons. The van der Waals surface area contributed by atoms with Crippen LogP contribution >= 0.6 is 0 Å². The van der Waals surface area contributed by atoms with Crippen molar-refractivity contribution in [1.29, 1.82) is 0 Å². The van der Waals surface area contributed by atoms with Gasteiger partial charge in [-0.05, 0) is 25.7 Å². The number of allylic oxidation sites excluding steroid dienone is 1. The number of rotatable bonds is 25. The van der Waals surface area contributed by atoms with Crippen LogP contribution in [0.4, 0.5) is 0 Å². The number of hydrogen-bond acceptors (Lipinski definition) is 3. The molecule has 0 unspecified atom stereocenters. The van der Waals surface area contributed by atoms with Gasteiger partial charge in [-0.3, -0.25) is 0 Å². The molecule has 0 atom stereocenters. The van der Waals surface area contributed by atoms with Crippen molar-refractivity contribution in [3.63, 3.8) is 0 Å². The monoisotopic (exact) mass is 504 g/mol. The number of carboxylic acids is 2. The maximum atomic E-state index is 10.2. The van der Waals surface area contributed by atoms with Crippen molar-refractivity contribution < 1.29 is 49.4 Å². The second-order valence-electron chi connectivity index (χ2n) is 9.72. The van der Waals surface area contributed by atoms with Crippen molar-refractivity contribution in [2.24, 2.45) is 0 Å². The number of carboxylic acid groups (broad SMARTS) is 2. The van der Waals surface area contributed by atoms with Crippen molar-refractivity contribution in [3.8, 4) is 0 Å². The van der Waals surface area contributed by atoms with Crippen LogP contribution in [0.3, 0.4) is 0 Å². The summed E-state index contributed by atoms with van der Waals surface area (Å²) in [6, 6.07) is 0. The molecule has 4 nitrogen and oxygen atoms in total. The molecule has 0 spiro atoms. The zero-order valence-electron chi connectivity index (χ0n) is 23.8. The molecule has 0 aliphatic carbocycles. The fourth-order valence-electron chi connectivity index (χ4n) is 4.04. The molecule has 5 heteroatoms. The van der Waals surface area contributed by atoms with Crippen molar-refractivity contribution in [2.45, 2.75) is 168 Å². The number of aliphatic carboxylic acids is 2. The molecule has 0 aromatic carbocycles. The van der Waals surface area contributed by atoms with Crippen LogP contribution < -0.4 is 34.7 Å². The molecule has 0 aliphatic rings. The van der Waals surface area contributed by atoms with E-state index in [9.17, 15) is 14.7 Å². The SMILES string of the molecule is CCCCCCCCCCCCCC(=O)[O-].CCCCCCCCCCCCCC=CC(=O)O.[Na+]. The Morgan fingerprint density at radius 3 is 1.20 bits per heavy atom. The maximum Gasteiger partial charge on any atom is 1.00 e. The van der Waals surface area contributed by atoms with E-state index in [0.29, 0.717) is 0 Å². The van der Waals surface area contributed by atoms with Crippen molar-refractivity contribution >= 4 is 11.9 Å². The Labute approximate surface area is 240 Å². The summed E-state index contributed by atoms with van der Waals surface area (Å²) >= 11 is 0. The normalized spacial score (nSPS) is 10.6. The van der Waals surface area contributed by atoms with Crippen LogP contribution in [0.1, 0.15) is 168 Å². The largest absolute Gasteiger partial charge is 1.00 e. The summed E-state index contributed by atoms with van der Waals surface area (Å²) in [5.74, 6) is -1.74. The van der Waals surface area contributed by atoms with Gasteiger partial charge in [-0.2, -0.15) is 0 Å². The molecule has 0 bridgehead atoms. The summed E-state index contributed by atoms with van der Waals surface area (Å²) in [6.07, 6.45) is 32.7. The molecular formula is C30H57NaO4. The van der Waals surface area contributed by atoms with E-state index in [1.54, 1.807) is 6.08 Å². The Balaban J connectivity index is -0.000000573. The van der Waals surface area contributed by atoms with Gasteiger partial charge in [0.1, 0.15) is 0 Å². The molecule has 0 radical (unpaired) electrons. The van der Waals surface area contributed by atoms with Gasteiger partial charge in [-0.1, -0.05) is 148 Å². The van der Waals surface area contributed by atoms with Crippen LogP contribution in [0, 0.1) is 0 Å². The minimum absolute atomic E-state index is 0. The first-order valence-corrected chi connectivity index (χ1v) is 14.6. The second kappa shape index (κ2) is 35.8. The predicted molar refractivity (Wildman–Crippen MR) is 144 cm³/mol. The molecule has 0 saturated carbocycles. The zero-order chi connectivity index (χ0) is 25.5. The summed E-state index contributed by atoms with van der Waals surface area (Å²) < 4.78 is 0. The molecule has 0 aromatic rings. The van der Waals surface area contributed by atoms with Gasteiger partial charge in [0.2, 0.25) is 0 Å². The molecule has 0 saturated heterocycles. The van der Waals surface area contributed by atoms with E-state index in [-0.39, 0.29) is 36.0 Å². The first-order valence-electron chi connectivity index (χ1n) is 14.6. The van der Waals surface area contributed by atoms with Gasteiger partial charge in [0.25, 0.3) is 0 Å². The van der Waals surface area contributed by atoms with Gasteiger partial charge >= 0.3 is 35.5 Å². The summed E-state index contributed by atoms with van der Waals surface area (Å²) in [4.78, 5) is 20.4. The van der Waals surface area contributed by atoms with Crippen LogP contribution in [0.5, 0.6) is 0 Å². The second-order valence-corrected chi connectivity index (χ2v) is 9.72. The quantitative estimate of drug-likeness (QED) is 0.0973. The average Bonchev–Trinajstić information content (AvgIpc) is 2.80. The number of carbonyl (C=O) groups is 2. The molecular weight excluding hydrogens is 447 g/mol. The van der Waals surface area contributed by atoms with Gasteiger partial charge in [0, 0.05) is 12.0 Å². The minimum atomic E-state index is -0.907. The van der Waals surface area contributed by atoms with E-state index in [1.165, 1.54) is 128 Å². The molecule has 0 rings (SSSR count). The van der Waals surface area contributed by atoms with Crippen LogP contribution in [0.15, 0.2) is 12.2 Å². The van der Waals surface area contributed by atoms with Crippen LogP contribution in [-0.4, -0.2) is 17.0 Å². The molecule has 1 N–H and O–H groups in total. The van der Waals surface area contributed by atoms with Gasteiger partial charge in [0.15, 0.2) is 0 Å². The summed E-state index contributed by atoms with van der Waals surface area (Å²) in [7, 11) is 0. The first kappa shape index (κ1) is 39.2. The fraction of sp³-hybridized carbons (Fsp3) is 0.867. The summed E-state index contributed by atoms with van der Waals surface area (Å²) in [5, 5.41) is 18.6. The standard InChI is InChI=1S/C16H30O2.C14H28O2.Na/c1-2-3-4-5-6-7-8-9-10-11-12-13-14-15-16(17)18;1-2-3-4-5-6-7-8-9-10-11-12-13-14(15)16;/h14-15H,2-13H2,1H3,(H,17,18);2-13H2,1H3,(H,15,16);/q;;+1/p-1. The van der Waals surface area contributed by atoms with E-state index in [4.69, 9.17) is 5.11 Å². The smallest absolute Gasteiger partial charge is 0.550 e. The van der Waals surface area contributed by atoms with E-state index in [2.05, 4.69) is 13.8 Å². The average molecular weight is 505 g/mol. The van der Waals surface area contributed by atoms with E-state index in [0.717, 1.165) is 25.7 Å².